The third-order valence-corrected chi connectivity index (χ3v) is 8.46. The maximum atomic E-state index is 13.0. The van der Waals surface area contributed by atoms with Crippen LogP contribution in [-0.2, 0) is 34.0 Å². The van der Waals surface area contributed by atoms with Gasteiger partial charge in [-0.25, -0.2) is 8.42 Å². The Morgan fingerprint density at radius 1 is 1.14 bits per heavy atom. The van der Waals surface area contributed by atoms with Gasteiger partial charge in [-0.3, -0.25) is 14.3 Å². The van der Waals surface area contributed by atoms with Crippen LogP contribution in [0.15, 0.2) is 29.2 Å². The van der Waals surface area contributed by atoms with E-state index in [9.17, 15) is 18.0 Å². The number of nitrogens with one attached hydrogen (secondary N) is 1. The van der Waals surface area contributed by atoms with Crippen LogP contribution in [-0.4, -0.2) is 55.4 Å². The van der Waals surface area contributed by atoms with E-state index < -0.39 is 9.84 Å². The molecule has 0 fully saturated rings. The van der Waals surface area contributed by atoms with E-state index in [1.807, 2.05) is 6.92 Å². The first kappa shape index (κ1) is 28.1. The second kappa shape index (κ2) is 12.1. The molecule has 1 amide bonds. The van der Waals surface area contributed by atoms with Crippen LogP contribution in [0.25, 0.3) is 0 Å². The number of benzene rings is 1. The fraction of sp³-hybridized carbons (Fsp3) is 0.593. The van der Waals surface area contributed by atoms with Crippen LogP contribution >= 0.6 is 0 Å². The van der Waals surface area contributed by atoms with Gasteiger partial charge in [-0.2, -0.15) is 5.10 Å². The van der Waals surface area contributed by atoms with Crippen molar-refractivity contribution in [2.24, 2.45) is 5.41 Å². The lowest BCUT2D eigenvalue weighted by molar-refractivity contribution is 0.0931. The van der Waals surface area contributed by atoms with Crippen molar-refractivity contribution in [1.82, 2.24) is 15.1 Å². The van der Waals surface area contributed by atoms with Crippen LogP contribution in [0.5, 0.6) is 0 Å². The molecule has 2 heterocycles. The van der Waals surface area contributed by atoms with Gasteiger partial charge in [-0.15, -0.1) is 0 Å². The summed E-state index contributed by atoms with van der Waals surface area (Å²) in [6, 6.07) is 6.21. The Balaban J connectivity index is 1.73. The Hall–Kier alpha value is -2.52. The molecular weight excluding hydrogens is 478 g/mol. The molecule has 2 aromatic rings. The Morgan fingerprint density at radius 3 is 2.50 bits per heavy atom. The maximum absolute atomic E-state index is 13.0. The van der Waals surface area contributed by atoms with E-state index in [4.69, 9.17) is 9.84 Å². The van der Waals surface area contributed by atoms with E-state index in [1.54, 1.807) is 23.7 Å². The van der Waals surface area contributed by atoms with Gasteiger partial charge in [0.25, 0.3) is 5.91 Å². The number of fused-ring (bicyclic) bond motifs is 1. The van der Waals surface area contributed by atoms with Gasteiger partial charge >= 0.3 is 0 Å². The summed E-state index contributed by atoms with van der Waals surface area (Å²) in [5, 5.41) is 7.81. The molecule has 36 heavy (non-hydrogen) atoms. The predicted molar refractivity (Wildman–Crippen MR) is 139 cm³/mol. The van der Waals surface area contributed by atoms with E-state index in [-0.39, 0.29) is 27.8 Å². The molecule has 1 aromatic carbocycles. The van der Waals surface area contributed by atoms with Crippen molar-refractivity contribution < 1.29 is 22.7 Å². The molecule has 1 N–H and O–H groups in total. The smallest absolute Gasteiger partial charge is 0.269 e. The van der Waals surface area contributed by atoms with Gasteiger partial charge in [0.2, 0.25) is 0 Å². The summed E-state index contributed by atoms with van der Waals surface area (Å²) in [5.41, 5.74) is 2.82. The molecular formula is C27H39N3O5S. The molecule has 0 spiro atoms. The number of carbonyl (C=O) groups excluding carboxylic acids is 2. The van der Waals surface area contributed by atoms with Crippen molar-refractivity contribution in [3.63, 3.8) is 0 Å². The van der Waals surface area contributed by atoms with Crippen molar-refractivity contribution in [1.29, 1.82) is 0 Å². The number of aromatic nitrogens is 2. The topological polar surface area (TPSA) is 107 Å². The van der Waals surface area contributed by atoms with Crippen molar-refractivity contribution in [3.8, 4) is 0 Å². The molecule has 0 radical (unpaired) electrons. The summed E-state index contributed by atoms with van der Waals surface area (Å²) < 4.78 is 31.5. The van der Waals surface area contributed by atoms with Crippen molar-refractivity contribution in [3.05, 3.63) is 46.8 Å². The highest BCUT2D eigenvalue weighted by molar-refractivity contribution is 7.91. The van der Waals surface area contributed by atoms with E-state index in [0.717, 1.165) is 30.5 Å². The van der Waals surface area contributed by atoms with Crippen LogP contribution < -0.4 is 5.32 Å². The van der Waals surface area contributed by atoms with Crippen molar-refractivity contribution in [2.75, 3.05) is 25.5 Å². The molecule has 8 nitrogen and oxygen atoms in total. The summed E-state index contributed by atoms with van der Waals surface area (Å²) in [7, 11) is -3.29. The third kappa shape index (κ3) is 7.03. The molecule has 1 aliphatic heterocycles. The number of rotatable bonds is 9. The molecule has 0 saturated carbocycles. The number of hydrogen-bond donors (Lipinski definition) is 1. The standard InChI is InChI=1S/C27H39N3O5S/c1-5-30-25-22(9-7-17-35-18-8-16-28-26(25)32)23(29-30)19-27(3,4)15-14-24(31)20-10-12-21(13-11-20)36(33,34)6-2/h10-13H,5-9,14-19H2,1-4H3,(H,28,32). The summed E-state index contributed by atoms with van der Waals surface area (Å²) in [4.78, 5) is 26.1. The third-order valence-electron chi connectivity index (χ3n) is 6.71. The van der Waals surface area contributed by atoms with Crippen LogP contribution in [0.1, 0.15) is 85.5 Å². The first-order valence-electron chi connectivity index (χ1n) is 12.9. The maximum Gasteiger partial charge on any atom is 0.269 e. The monoisotopic (exact) mass is 517 g/mol. The Morgan fingerprint density at radius 2 is 1.83 bits per heavy atom. The van der Waals surface area contributed by atoms with E-state index >= 15 is 0 Å². The predicted octanol–water partition coefficient (Wildman–Crippen LogP) is 4.01. The summed E-state index contributed by atoms with van der Waals surface area (Å²) in [5.74, 6) is -0.0758. The van der Waals surface area contributed by atoms with Gasteiger partial charge in [-0.1, -0.05) is 32.9 Å². The lowest BCUT2D eigenvalue weighted by Crippen LogP contribution is -2.28. The number of sulfone groups is 1. The number of amides is 1. The van der Waals surface area contributed by atoms with E-state index in [1.165, 1.54) is 12.1 Å². The lowest BCUT2D eigenvalue weighted by atomic mass is 9.81. The molecule has 198 valence electrons. The van der Waals surface area contributed by atoms with Crippen LogP contribution in [0.4, 0.5) is 0 Å². The highest BCUT2D eigenvalue weighted by atomic mass is 32.2. The molecule has 1 aromatic heterocycles. The number of aryl methyl sites for hydroxylation is 1. The minimum atomic E-state index is -3.29. The van der Waals surface area contributed by atoms with Crippen molar-refractivity contribution >= 4 is 21.5 Å². The zero-order chi connectivity index (χ0) is 26.3. The first-order chi connectivity index (χ1) is 17.1. The zero-order valence-corrected chi connectivity index (χ0v) is 22.7. The van der Waals surface area contributed by atoms with Crippen molar-refractivity contribution in [2.45, 2.75) is 77.7 Å². The molecule has 0 saturated heterocycles. The summed E-state index contributed by atoms with van der Waals surface area (Å²) in [6.45, 7) is 10.3. The largest absolute Gasteiger partial charge is 0.381 e. The molecule has 1 aliphatic rings. The highest BCUT2D eigenvalue weighted by Gasteiger charge is 2.28. The second-order valence-corrected chi connectivity index (χ2v) is 12.4. The molecule has 0 bridgehead atoms. The van der Waals surface area contributed by atoms with Gasteiger partial charge in [0, 0.05) is 43.9 Å². The van der Waals surface area contributed by atoms with Gasteiger partial charge in [-0.05, 0) is 56.6 Å². The van der Waals surface area contributed by atoms with Crippen LogP contribution in [0.2, 0.25) is 0 Å². The van der Waals surface area contributed by atoms with Gasteiger partial charge in [0.1, 0.15) is 5.69 Å². The summed E-state index contributed by atoms with van der Waals surface area (Å²) in [6.07, 6.45) is 3.97. The first-order valence-corrected chi connectivity index (χ1v) is 14.5. The molecule has 3 rings (SSSR count). The van der Waals surface area contributed by atoms with Gasteiger partial charge in [0.05, 0.1) is 16.3 Å². The van der Waals surface area contributed by atoms with Gasteiger partial charge in [0.15, 0.2) is 15.6 Å². The molecule has 9 heteroatoms. The summed E-state index contributed by atoms with van der Waals surface area (Å²) >= 11 is 0. The van der Waals surface area contributed by atoms with Crippen LogP contribution in [0.3, 0.4) is 0 Å². The Bertz CT molecular complexity index is 1170. The number of carbonyl (C=O) groups is 2. The SMILES string of the molecule is CCn1nc(CC(C)(C)CCC(=O)c2ccc(S(=O)(=O)CC)cc2)c2c1C(=O)NCCCOCCC2. The minimum absolute atomic E-state index is 0.0153. The lowest BCUT2D eigenvalue weighted by Gasteiger charge is -2.24. The normalized spacial score (nSPS) is 15.6. The van der Waals surface area contributed by atoms with E-state index in [0.29, 0.717) is 56.8 Å². The van der Waals surface area contributed by atoms with Crippen LogP contribution in [0, 0.1) is 5.41 Å². The molecule has 0 atom stereocenters. The number of hydrogen-bond acceptors (Lipinski definition) is 6. The number of ether oxygens (including phenoxy) is 1. The Kier molecular flexibility index (Phi) is 9.47. The fourth-order valence-corrected chi connectivity index (χ4v) is 5.39. The average Bonchev–Trinajstić information content (AvgIpc) is 3.18. The average molecular weight is 518 g/mol. The molecule has 0 aliphatic carbocycles. The van der Waals surface area contributed by atoms with E-state index in [2.05, 4.69) is 19.2 Å². The number of Topliss-reactive ketones (excluding diaryl/α,β-unsaturated/α-hetero) is 1. The fourth-order valence-electron chi connectivity index (χ4n) is 4.50. The number of nitrogens with zero attached hydrogens (tertiary/aromatic N) is 2. The minimum Gasteiger partial charge on any atom is -0.381 e. The second-order valence-electron chi connectivity index (χ2n) is 10.1. The zero-order valence-electron chi connectivity index (χ0n) is 21.9. The number of ketones is 1. The quantitative estimate of drug-likeness (QED) is 0.504. The van der Waals surface area contributed by atoms with Gasteiger partial charge < -0.3 is 10.1 Å². The Labute approximate surface area is 214 Å². The molecule has 0 unspecified atom stereocenters. The highest BCUT2D eigenvalue weighted by Crippen LogP contribution is 2.31.